The fourth-order valence-corrected chi connectivity index (χ4v) is 3.01. The number of nitrogens with zero attached hydrogens (tertiary/aromatic N) is 2. The molecule has 2 atom stereocenters. The van der Waals surface area contributed by atoms with Gasteiger partial charge in [-0.15, -0.1) is 12.4 Å². The number of hydrogen-bond donors (Lipinski definition) is 0. The number of hydrogen-bond acceptors (Lipinski definition) is 2. The van der Waals surface area contributed by atoms with Crippen molar-refractivity contribution >= 4 is 12.4 Å². The van der Waals surface area contributed by atoms with E-state index in [1.807, 2.05) is 0 Å². The maximum Gasteiger partial charge on any atom is 0.0511 e. The summed E-state index contributed by atoms with van der Waals surface area (Å²) in [4.78, 5) is 0. The Morgan fingerprint density at radius 1 is 0.700 bits per heavy atom. The summed E-state index contributed by atoms with van der Waals surface area (Å²) in [7, 11) is 4.36. The van der Waals surface area contributed by atoms with Crippen LogP contribution in [0.1, 0.15) is 29.6 Å². The lowest BCUT2D eigenvalue weighted by Crippen LogP contribution is -2.32. The minimum Gasteiger partial charge on any atom is -0.237 e. The summed E-state index contributed by atoms with van der Waals surface area (Å²) in [6.45, 7) is 0. The van der Waals surface area contributed by atoms with Gasteiger partial charge in [0.2, 0.25) is 0 Å². The van der Waals surface area contributed by atoms with Crippen molar-refractivity contribution in [1.29, 1.82) is 0 Å². The number of rotatable bonds is 2. The standard InChI is InChI=1S/C17H20N2.ClH/c1-18-16(14-9-5-3-6-10-14)13-17(19(18)2)15-11-7-4-8-12-15;/h3-12,16-17H,13H2,1-2H3;1H/t16-,17-;/m1./s1. The molecule has 2 nitrogen and oxygen atoms in total. The maximum atomic E-state index is 2.35. The minimum atomic E-state index is 0. The lowest BCUT2D eigenvalue weighted by molar-refractivity contribution is 0.0252. The number of hydrazine groups is 1. The molecule has 3 rings (SSSR count). The second kappa shape index (κ2) is 6.40. The van der Waals surface area contributed by atoms with Crippen molar-refractivity contribution in [2.75, 3.05) is 14.1 Å². The summed E-state index contributed by atoms with van der Waals surface area (Å²) in [6, 6.07) is 22.5. The van der Waals surface area contributed by atoms with Crippen molar-refractivity contribution in [3.63, 3.8) is 0 Å². The SMILES string of the molecule is CN1[C@@H](c2ccccc2)C[C@H](c2ccccc2)N1C.Cl. The van der Waals surface area contributed by atoms with Gasteiger partial charge in [0.05, 0.1) is 12.1 Å². The van der Waals surface area contributed by atoms with Crippen LogP contribution in [0.5, 0.6) is 0 Å². The molecule has 20 heavy (non-hydrogen) atoms. The van der Waals surface area contributed by atoms with E-state index in [1.54, 1.807) is 0 Å². The van der Waals surface area contributed by atoms with Crippen molar-refractivity contribution in [3.05, 3.63) is 71.8 Å². The van der Waals surface area contributed by atoms with Crippen LogP contribution in [0.2, 0.25) is 0 Å². The van der Waals surface area contributed by atoms with E-state index in [0.717, 1.165) is 6.42 Å². The van der Waals surface area contributed by atoms with E-state index in [9.17, 15) is 0 Å². The highest BCUT2D eigenvalue weighted by atomic mass is 35.5. The topological polar surface area (TPSA) is 6.48 Å². The normalized spacial score (nSPS) is 23.5. The van der Waals surface area contributed by atoms with Gasteiger partial charge in [-0.1, -0.05) is 60.7 Å². The third kappa shape index (κ3) is 2.73. The van der Waals surface area contributed by atoms with Gasteiger partial charge in [0, 0.05) is 14.1 Å². The van der Waals surface area contributed by atoms with Crippen LogP contribution >= 0.6 is 12.4 Å². The summed E-state index contributed by atoms with van der Waals surface area (Å²) in [5, 5.41) is 4.71. The molecule has 2 aromatic rings. The molecular formula is C17H21ClN2. The summed E-state index contributed by atoms with van der Waals surface area (Å²) in [5.41, 5.74) is 2.80. The molecule has 1 heterocycles. The Balaban J connectivity index is 0.00000147. The lowest BCUT2D eigenvalue weighted by Gasteiger charge is -2.28. The predicted octanol–water partition coefficient (Wildman–Crippen LogP) is 4.07. The Bertz CT molecular complexity index is 480. The van der Waals surface area contributed by atoms with E-state index in [1.165, 1.54) is 11.1 Å². The van der Waals surface area contributed by atoms with Crippen LogP contribution in [0.25, 0.3) is 0 Å². The van der Waals surface area contributed by atoms with Crippen LogP contribution in [0.4, 0.5) is 0 Å². The average Bonchev–Trinajstić information content (AvgIpc) is 2.77. The summed E-state index contributed by atoms with van der Waals surface area (Å²) in [5.74, 6) is 0. The van der Waals surface area contributed by atoms with Crippen LogP contribution in [0, 0.1) is 0 Å². The van der Waals surface area contributed by atoms with Gasteiger partial charge in [0.25, 0.3) is 0 Å². The molecule has 0 amide bonds. The summed E-state index contributed by atoms with van der Waals surface area (Å²) < 4.78 is 0. The molecule has 106 valence electrons. The zero-order valence-corrected chi connectivity index (χ0v) is 12.8. The van der Waals surface area contributed by atoms with Crippen molar-refractivity contribution < 1.29 is 0 Å². The molecule has 0 spiro atoms. The molecule has 0 N–H and O–H groups in total. The second-order valence-corrected chi connectivity index (χ2v) is 5.24. The van der Waals surface area contributed by atoms with Crippen LogP contribution in [0.3, 0.4) is 0 Å². The van der Waals surface area contributed by atoms with Gasteiger partial charge in [0.1, 0.15) is 0 Å². The van der Waals surface area contributed by atoms with E-state index < -0.39 is 0 Å². The fraction of sp³-hybridized carbons (Fsp3) is 0.294. The molecule has 3 heteroatoms. The first-order valence-electron chi connectivity index (χ1n) is 6.83. The number of halogens is 1. The minimum absolute atomic E-state index is 0. The molecule has 0 bridgehead atoms. The van der Waals surface area contributed by atoms with Gasteiger partial charge in [-0.05, 0) is 17.5 Å². The van der Waals surface area contributed by atoms with Crippen LogP contribution in [0.15, 0.2) is 60.7 Å². The highest BCUT2D eigenvalue weighted by Crippen LogP contribution is 2.41. The van der Waals surface area contributed by atoms with Crippen molar-refractivity contribution in [3.8, 4) is 0 Å². The highest BCUT2D eigenvalue weighted by Gasteiger charge is 2.35. The van der Waals surface area contributed by atoms with E-state index >= 15 is 0 Å². The van der Waals surface area contributed by atoms with Gasteiger partial charge < -0.3 is 0 Å². The van der Waals surface area contributed by atoms with Crippen LogP contribution < -0.4 is 0 Å². The zero-order chi connectivity index (χ0) is 13.2. The molecule has 0 saturated carbocycles. The van der Waals surface area contributed by atoms with Crippen molar-refractivity contribution in [2.45, 2.75) is 18.5 Å². The van der Waals surface area contributed by atoms with Gasteiger partial charge >= 0.3 is 0 Å². The van der Waals surface area contributed by atoms with Crippen LogP contribution in [-0.2, 0) is 0 Å². The van der Waals surface area contributed by atoms with E-state index in [4.69, 9.17) is 0 Å². The Kier molecular flexibility index (Phi) is 4.81. The number of benzene rings is 2. The lowest BCUT2D eigenvalue weighted by atomic mass is 9.97. The first-order chi connectivity index (χ1) is 9.27. The molecule has 1 aliphatic heterocycles. The maximum absolute atomic E-state index is 2.35. The monoisotopic (exact) mass is 288 g/mol. The fourth-order valence-electron chi connectivity index (χ4n) is 3.01. The zero-order valence-electron chi connectivity index (χ0n) is 11.9. The average molecular weight is 289 g/mol. The molecule has 2 aromatic carbocycles. The van der Waals surface area contributed by atoms with Crippen molar-refractivity contribution in [1.82, 2.24) is 10.0 Å². The first kappa shape index (κ1) is 15.0. The third-order valence-electron chi connectivity index (χ3n) is 4.21. The largest absolute Gasteiger partial charge is 0.237 e. The van der Waals surface area contributed by atoms with Gasteiger partial charge in [-0.3, -0.25) is 0 Å². The molecule has 1 aliphatic rings. The molecule has 0 aliphatic carbocycles. The Morgan fingerprint density at radius 2 is 1.05 bits per heavy atom. The molecule has 0 radical (unpaired) electrons. The van der Waals surface area contributed by atoms with Gasteiger partial charge in [0.15, 0.2) is 0 Å². The molecule has 1 fully saturated rings. The van der Waals surface area contributed by atoms with Gasteiger partial charge in [-0.25, -0.2) is 10.0 Å². The molecule has 0 unspecified atom stereocenters. The Morgan fingerprint density at radius 3 is 1.40 bits per heavy atom. The van der Waals surface area contributed by atoms with Crippen molar-refractivity contribution in [2.24, 2.45) is 0 Å². The van der Waals surface area contributed by atoms with E-state index in [-0.39, 0.29) is 12.4 Å². The Labute approximate surface area is 127 Å². The molecule has 0 aromatic heterocycles. The van der Waals surface area contributed by atoms with E-state index in [0.29, 0.717) is 12.1 Å². The predicted molar refractivity (Wildman–Crippen MR) is 85.8 cm³/mol. The van der Waals surface area contributed by atoms with E-state index in [2.05, 4.69) is 84.8 Å². The quantitative estimate of drug-likeness (QED) is 0.822. The second-order valence-electron chi connectivity index (χ2n) is 5.24. The summed E-state index contributed by atoms with van der Waals surface area (Å²) >= 11 is 0. The Hall–Kier alpha value is -1.35. The first-order valence-corrected chi connectivity index (χ1v) is 6.83. The third-order valence-corrected chi connectivity index (χ3v) is 4.21. The molecule has 1 saturated heterocycles. The van der Waals surface area contributed by atoms with Crippen LogP contribution in [-0.4, -0.2) is 24.1 Å². The molecular weight excluding hydrogens is 268 g/mol. The summed E-state index contributed by atoms with van der Waals surface area (Å²) in [6.07, 6.45) is 1.14. The highest BCUT2D eigenvalue weighted by molar-refractivity contribution is 5.85. The smallest absolute Gasteiger partial charge is 0.0511 e. The van der Waals surface area contributed by atoms with Gasteiger partial charge in [-0.2, -0.15) is 0 Å².